The van der Waals surface area contributed by atoms with Crippen molar-refractivity contribution in [3.63, 3.8) is 0 Å². The number of rotatable bonds is 4. The Labute approximate surface area is 146 Å². The summed E-state index contributed by atoms with van der Waals surface area (Å²) in [5, 5.41) is 2.03. The van der Waals surface area contributed by atoms with Gasteiger partial charge < -0.3 is 14.9 Å². The Morgan fingerprint density at radius 3 is 2.54 bits per heavy atom. The molecule has 0 spiro atoms. The molecule has 0 fully saturated rings. The summed E-state index contributed by atoms with van der Waals surface area (Å²) < 4.78 is 54.8. The van der Waals surface area contributed by atoms with Crippen LogP contribution in [0.4, 0.5) is 23.2 Å². The van der Waals surface area contributed by atoms with Crippen LogP contribution in [0.3, 0.4) is 0 Å². The average molecular weight is 387 g/mol. The second-order valence-electron chi connectivity index (χ2n) is 5.04. The number of fused-ring (bicyclic) bond motifs is 1. The number of halogens is 4. The molecule has 1 aromatic carbocycles. The number of carbonyl (C=O) groups excluding carboxylic acids is 1. The lowest BCUT2D eigenvalue weighted by atomic mass is 10.2. The number of anilines is 1. The summed E-state index contributed by atoms with van der Waals surface area (Å²) in [6, 6.07) is 0.0407. The van der Waals surface area contributed by atoms with Crippen LogP contribution in [-0.2, 0) is 11.8 Å². The molecule has 0 saturated carbocycles. The fourth-order valence-corrected chi connectivity index (χ4v) is 2.88. The molecule has 2 heterocycles. The normalized spacial score (nSPS) is 11.1. The molecular weight excluding hydrogens is 378 g/mol. The summed E-state index contributed by atoms with van der Waals surface area (Å²) in [7, 11) is 1.56. The van der Waals surface area contributed by atoms with E-state index in [1.54, 1.807) is 12.4 Å². The molecule has 7 nitrogen and oxygen atoms in total. The van der Waals surface area contributed by atoms with Gasteiger partial charge in [0.05, 0.1) is 12.1 Å². The third kappa shape index (κ3) is 3.14. The smallest absolute Gasteiger partial charge is 0.278 e. The van der Waals surface area contributed by atoms with Crippen LogP contribution in [0.2, 0.25) is 0 Å². The number of nitrogens with one attached hydrogen (secondary N) is 2. The molecule has 3 rings (SSSR count). The molecular formula is C14H9F4N5O2S. The highest BCUT2D eigenvalue weighted by molar-refractivity contribution is 7.99. The van der Waals surface area contributed by atoms with Gasteiger partial charge >= 0.3 is 0 Å². The lowest BCUT2D eigenvalue weighted by Crippen LogP contribution is -2.18. The van der Waals surface area contributed by atoms with Gasteiger partial charge in [-0.15, -0.1) is 0 Å². The SMILES string of the molecule is Cn1c(SCC(=O)Nc2c(F)c(F)cc(F)c2F)nc2c(=O)[nH]cnc21. The van der Waals surface area contributed by atoms with Gasteiger partial charge in [-0.2, -0.15) is 0 Å². The van der Waals surface area contributed by atoms with Crippen molar-refractivity contribution in [1.29, 1.82) is 0 Å². The minimum atomic E-state index is -1.71. The van der Waals surface area contributed by atoms with Gasteiger partial charge in [0.1, 0.15) is 5.69 Å². The predicted octanol–water partition coefficient (Wildman–Crippen LogP) is 1.94. The van der Waals surface area contributed by atoms with E-state index in [0.29, 0.717) is 0 Å². The van der Waals surface area contributed by atoms with E-state index in [1.807, 2.05) is 0 Å². The molecule has 0 radical (unpaired) electrons. The number of hydrogen-bond donors (Lipinski definition) is 2. The summed E-state index contributed by atoms with van der Waals surface area (Å²) >= 11 is 0.844. The Bertz CT molecular complexity index is 1060. The van der Waals surface area contributed by atoms with Gasteiger partial charge in [0, 0.05) is 13.1 Å². The first-order valence-corrected chi connectivity index (χ1v) is 7.94. The molecule has 1 amide bonds. The minimum absolute atomic E-state index is 0.0407. The molecule has 3 aromatic rings. The quantitative estimate of drug-likeness (QED) is 0.406. The Hall–Kier alpha value is -2.89. The Morgan fingerprint density at radius 1 is 1.27 bits per heavy atom. The third-order valence-corrected chi connectivity index (χ3v) is 4.36. The molecule has 2 aromatic heterocycles. The number of aromatic nitrogens is 4. The lowest BCUT2D eigenvalue weighted by Gasteiger charge is -2.08. The highest BCUT2D eigenvalue weighted by atomic mass is 32.2. The number of nitrogens with zero attached hydrogens (tertiary/aromatic N) is 3. The fourth-order valence-electron chi connectivity index (χ4n) is 2.11. The van der Waals surface area contributed by atoms with Crippen molar-refractivity contribution in [2.24, 2.45) is 7.05 Å². The molecule has 0 bridgehead atoms. The van der Waals surface area contributed by atoms with Crippen LogP contribution in [0, 0.1) is 23.3 Å². The molecule has 0 aliphatic rings. The van der Waals surface area contributed by atoms with Crippen LogP contribution in [0.25, 0.3) is 11.2 Å². The molecule has 12 heteroatoms. The molecule has 26 heavy (non-hydrogen) atoms. The van der Waals surface area contributed by atoms with Gasteiger partial charge in [-0.05, 0) is 0 Å². The van der Waals surface area contributed by atoms with E-state index in [4.69, 9.17) is 0 Å². The molecule has 136 valence electrons. The highest BCUT2D eigenvalue weighted by Crippen LogP contribution is 2.25. The zero-order valence-electron chi connectivity index (χ0n) is 12.9. The molecule has 0 saturated heterocycles. The van der Waals surface area contributed by atoms with Crippen molar-refractivity contribution in [3.8, 4) is 0 Å². The average Bonchev–Trinajstić information content (AvgIpc) is 2.93. The number of benzene rings is 1. The molecule has 0 aliphatic carbocycles. The van der Waals surface area contributed by atoms with Gasteiger partial charge in [-0.3, -0.25) is 9.59 Å². The van der Waals surface area contributed by atoms with E-state index in [1.165, 1.54) is 10.9 Å². The standard InChI is InChI=1S/C14H9F4N5O2S/c1-23-12-11(13(25)20-4-19-12)22-14(23)26-3-7(24)21-10-8(17)5(15)2-6(16)9(10)18/h2,4H,3H2,1H3,(H,21,24)(H,19,20,25). The number of imidazole rings is 1. The minimum Gasteiger partial charge on any atom is -0.320 e. The number of aromatic amines is 1. The molecule has 0 atom stereocenters. The number of hydrogen-bond acceptors (Lipinski definition) is 5. The van der Waals surface area contributed by atoms with Crippen LogP contribution >= 0.6 is 11.8 Å². The zero-order chi connectivity index (χ0) is 19.0. The van der Waals surface area contributed by atoms with Crippen LogP contribution in [0.5, 0.6) is 0 Å². The van der Waals surface area contributed by atoms with E-state index < -0.39 is 40.4 Å². The summed E-state index contributed by atoms with van der Waals surface area (Å²) in [6.07, 6.45) is 1.19. The van der Waals surface area contributed by atoms with Crippen LogP contribution < -0.4 is 10.9 Å². The van der Waals surface area contributed by atoms with Gasteiger partial charge in [-0.1, -0.05) is 11.8 Å². The monoisotopic (exact) mass is 387 g/mol. The number of thioether (sulfide) groups is 1. The van der Waals surface area contributed by atoms with Gasteiger partial charge in [0.2, 0.25) is 5.91 Å². The Kier molecular flexibility index (Phi) is 4.68. The third-order valence-electron chi connectivity index (χ3n) is 3.33. The largest absolute Gasteiger partial charge is 0.320 e. The maximum Gasteiger partial charge on any atom is 0.278 e. The Balaban J connectivity index is 1.78. The van der Waals surface area contributed by atoms with Crippen molar-refractivity contribution in [2.45, 2.75) is 5.16 Å². The van der Waals surface area contributed by atoms with Gasteiger partial charge in [0.25, 0.3) is 5.56 Å². The van der Waals surface area contributed by atoms with Crippen LogP contribution in [0.1, 0.15) is 0 Å². The second kappa shape index (κ2) is 6.78. The maximum absolute atomic E-state index is 13.5. The first-order chi connectivity index (χ1) is 12.3. The van der Waals surface area contributed by atoms with E-state index in [0.717, 1.165) is 11.8 Å². The number of H-pyrrole nitrogens is 1. The number of aryl methyl sites for hydroxylation is 1. The molecule has 0 unspecified atom stereocenters. The predicted molar refractivity (Wildman–Crippen MR) is 84.8 cm³/mol. The lowest BCUT2D eigenvalue weighted by molar-refractivity contribution is -0.113. The first-order valence-electron chi connectivity index (χ1n) is 6.95. The first kappa shape index (κ1) is 17.9. The Morgan fingerprint density at radius 2 is 1.92 bits per heavy atom. The zero-order valence-corrected chi connectivity index (χ0v) is 13.8. The van der Waals surface area contributed by atoms with Crippen molar-refractivity contribution >= 4 is 34.5 Å². The van der Waals surface area contributed by atoms with Gasteiger partial charge in [0.15, 0.2) is 39.6 Å². The van der Waals surface area contributed by atoms with Crippen molar-refractivity contribution in [1.82, 2.24) is 19.5 Å². The van der Waals surface area contributed by atoms with Crippen molar-refractivity contribution in [2.75, 3.05) is 11.1 Å². The fraction of sp³-hybridized carbons (Fsp3) is 0.143. The summed E-state index contributed by atoms with van der Waals surface area (Å²) in [6.45, 7) is 0. The maximum atomic E-state index is 13.5. The number of amides is 1. The van der Waals surface area contributed by atoms with Crippen molar-refractivity contribution in [3.05, 3.63) is 46.0 Å². The van der Waals surface area contributed by atoms with E-state index in [-0.39, 0.29) is 28.1 Å². The topological polar surface area (TPSA) is 92.7 Å². The van der Waals surface area contributed by atoms with Gasteiger partial charge in [-0.25, -0.2) is 27.5 Å². The second-order valence-corrected chi connectivity index (χ2v) is 5.98. The van der Waals surface area contributed by atoms with E-state index >= 15 is 0 Å². The van der Waals surface area contributed by atoms with Crippen molar-refractivity contribution < 1.29 is 22.4 Å². The summed E-state index contributed by atoms with van der Waals surface area (Å²) in [5.41, 5.74) is -1.35. The molecule has 0 aliphatic heterocycles. The van der Waals surface area contributed by atoms with Crippen LogP contribution in [0.15, 0.2) is 22.3 Å². The van der Waals surface area contributed by atoms with E-state index in [2.05, 4.69) is 15.0 Å². The summed E-state index contributed by atoms with van der Waals surface area (Å²) in [4.78, 5) is 33.8. The van der Waals surface area contributed by atoms with Crippen LogP contribution in [-0.4, -0.2) is 31.2 Å². The number of carbonyl (C=O) groups is 1. The van der Waals surface area contributed by atoms with E-state index in [9.17, 15) is 27.2 Å². The molecule has 2 N–H and O–H groups in total. The highest BCUT2D eigenvalue weighted by Gasteiger charge is 2.21. The summed E-state index contributed by atoms with van der Waals surface area (Å²) in [5.74, 6) is -7.99.